The molecule has 0 aliphatic carbocycles. The first kappa shape index (κ1) is 25.7. The van der Waals surface area contributed by atoms with Gasteiger partial charge < -0.3 is 24.7 Å². The lowest BCUT2D eigenvalue weighted by Crippen LogP contribution is -2.38. The van der Waals surface area contributed by atoms with Gasteiger partial charge in [0.05, 0.1) is 18.8 Å². The lowest BCUT2D eigenvalue weighted by molar-refractivity contribution is -0.123. The summed E-state index contributed by atoms with van der Waals surface area (Å²) < 4.78 is 13.3. The molecule has 1 saturated heterocycles. The number of morpholine rings is 1. The first-order valence-electron chi connectivity index (χ1n) is 12.7. The third-order valence-electron chi connectivity index (χ3n) is 6.58. The van der Waals surface area contributed by atoms with E-state index >= 15 is 0 Å². The van der Waals surface area contributed by atoms with Crippen LogP contribution in [0.1, 0.15) is 35.0 Å². The van der Waals surface area contributed by atoms with Crippen LogP contribution in [-0.2, 0) is 22.6 Å². The molecule has 2 aromatic carbocycles. The predicted molar refractivity (Wildman–Crippen MR) is 140 cm³/mol. The Balaban J connectivity index is 1.38. The topological polar surface area (TPSA) is 84.8 Å². The second-order valence-corrected chi connectivity index (χ2v) is 9.00. The number of benzene rings is 2. The highest BCUT2D eigenvalue weighted by Gasteiger charge is 2.20. The third-order valence-corrected chi connectivity index (χ3v) is 6.58. The van der Waals surface area contributed by atoms with Gasteiger partial charge in [0, 0.05) is 49.3 Å². The van der Waals surface area contributed by atoms with Crippen molar-refractivity contribution in [3.05, 3.63) is 65.4 Å². The largest absolute Gasteiger partial charge is 0.484 e. The molecule has 4 rings (SSSR count). The molecule has 1 aliphatic rings. The summed E-state index contributed by atoms with van der Waals surface area (Å²) in [5, 5.41) is 6.80. The van der Waals surface area contributed by atoms with E-state index in [1.807, 2.05) is 55.5 Å². The molecule has 3 aromatic rings. The van der Waals surface area contributed by atoms with Crippen molar-refractivity contribution in [3.63, 3.8) is 0 Å². The molecule has 1 fully saturated rings. The molecule has 8 heteroatoms. The summed E-state index contributed by atoms with van der Waals surface area (Å²) in [5.41, 5.74) is 3.60. The van der Waals surface area contributed by atoms with E-state index in [1.165, 1.54) is 0 Å². The summed E-state index contributed by atoms with van der Waals surface area (Å²) in [6.07, 6.45) is 0.893. The zero-order valence-electron chi connectivity index (χ0n) is 21.2. The van der Waals surface area contributed by atoms with Crippen LogP contribution in [0.2, 0.25) is 0 Å². The molecule has 0 spiro atoms. The van der Waals surface area contributed by atoms with Gasteiger partial charge in [0.2, 0.25) is 0 Å². The second-order valence-electron chi connectivity index (χ2n) is 9.00. The van der Waals surface area contributed by atoms with Gasteiger partial charge in [0.25, 0.3) is 11.8 Å². The maximum Gasteiger partial charge on any atom is 0.258 e. The quantitative estimate of drug-likeness (QED) is 0.402. The number of nitrogens with zero attached hydrogens (tertiary/aromatic N) is 2. The highest BCUT2D eigenvalue weighted by Crippen LogP contribution is 2.29. The summed E-state index contributed by atoms with van der Waals surface area (Å²) in [4.78, 5) is 27.8. The molecule has 1 aromatic heterocycles. The van der Waals surface area contributed by atoms with Gasteiger partial charge in [-0.05, 0) is 50.6 Å². The van der Waals surface area contributed by atoms with Crippen LogP contribution in [0.25, 0.3) is 10.9 Å². The molecular formula is C28H36N4O4. The van der Waals surface area contributed by atoms with Crippen LogP contribution < -0.4 is 15.4 Å². The van der Waals surface area contributed by atoms with Crippen LogP contribution in [0, 0.1) is 6.92 Å². The van der Waals surface area contributed by atoms with Crippen molar-refractivity contribution < 1.29 is 19.1 Å². The second kappa shape index (κ2) is 12.6. The fraction of sp³-hybridized carbons (Fsp3) is 0.429. The highest BCUT2D eigenvalue weighted by atomic mass is 16.5. The maximum absolute atomic E-state index is 13.2. The molecule has 0 radical (unpaired) electrons. The molecule has 192 valence electrons. The Morgan fingerprint density at radius 1 is 1.06 bits per heavy atom. The number of ether oxygens (including phenoxy) is 2. The van der Waals surface area contributed by atoms with E-state index in [-0.39, 0.29) is 18.4 Å². The number of carbonyl (C=O) groups is 2. The highest BCUT2D eigenvalue weighted by molar-refractivity contribution is 6.08. The van der Waals surface area contributed by atoms with Gasteiger partial charge in [-0.1, -0.05) is 30.3 Å². The smallest absolute Gasteiger partial charge is 0.258 e. The Labute approximate surface area is 212 Å². The van der Waals surface area contributed by atoms with Crippen LogP contribution in [-0.4, -0.2) is 67.3 Å². The molecule has 0 bridgehead atoms. The molecule has 8 nitrogen and oxygen atoms in total. The number of nitrogens with one attached hydrogen (secondary N) is 2. The number of rotatable bonds is 11. The maximum atomic E-state index is 13.2. The van der Waals surface area contributed by atoms with Crippen LogP contribution >= 0.6 is 0 Å². The van der Waals surface area contributed by atoms with Crippen LogP contribution in [0.15, 0.2) is 48.5 Å². The lowest BCUT2D eigenvalue weighted by Gasteiger charge is -2.26. The Morgan fingerprint density at radius 3 is 2.58 bits per heavy atom. The van der Waals surface area contributed by atoms with E-state index in [0.717, 1.165) is 68.0 Å². The van der Waals surface area contributed by atoms with E-state index < -0.39 is 0 Å². The van der Waals surface area contributed by atoms with Gasteiger partial charge in [-0.15, -0.1) is 0 Å². The van der Waals surface area contributed by atoms with Gasteiger partial charge in [0.15, 0.2) is 6.61 Å². The minimum absolute atomic E-state index is 0.0792. The fourth-order valence-corrected chi connectivity index (χ4v) is 4.66. The van der Waals surface area contributed by atoms with Crippen LogP contribution in [0.5, 0.6) is 5.75 Å². The average molecular weight is 493 g/mol. The molecular weight excluding hydrogens is 456 g/mol. The number of amides is 2. The zero-order valence-corrected chi connectivity index (χ0v) is 21.2. The van der Waals surface area contributed by atoms with Gasteiger partial charge in [-0.3, -0.25) is 14.5 Å². The van der Waals surface area contributed by atoms with Crippen molar-refractivity contribution in [2.75, 3.05) is 46.0 Å². The fourth-order valence-electron chi connectivity index (χ4n) is 4.66. The predicted octanol–water partition coefficient (Wildman–Crippen LogP) is 3.12. The number of fused-ring (bicyclic) bond motifs is 1. The average Bonchev–Trinajstić information content (AvgIpc) is 3.20. The minimum atomic E-state index is -0.195. The first-order chi connectivity index (χ1) is 17.6. The van der Waals surface area contributed by atoms with Crippen molar-refractivity contribution >= 4 is 22.7 Å². The van der Waals surface area contributed by atoms with E-state index in [4.69, 9.17) is 9.47 Å². The van der Waals surface area contributed by atoms with Crippen molar-refractivity contribution in [1.29, 1.82) is 0 Å². The van der Waals surface area contributed by atoms with Crippen LogP contribution in [0.3, 0.4) is 0 Å². The Hall–Kier alpha value is -3.36. The van der Waals surface area contributed by atoms with Gasteiger partial charge >= 0.3 is 0 Å². The molecule has 36 heavy (non-hydrogen) atoms. The van der Waals surface area contributed by atoms with Gasteiger partial charge in [-0.25, -0.2) is 0 Å². The van der Waals surface area contributed by atoms with E-state index in [2.05, 4.69) is 27.0 Å². The number of hydrogen-bond donors (Lipinski definition) is 2. The standard InChI is InChI=1S/C28H36N4O4/c1-3-32-21(2)27(28(34)29-12-7-13-31-14-16-35-17-15-31)24-18-23(10-11-25(24)32)36-20-26(33)30-19-22-8-5-4-6-9-22/h4-6,8-11,18H,3,7,12-17,19-20H2,1-2H3,(H,29,34)(H,30,33). The SMILES string of the molecule is CCn1c(C)c(C(=O)NCCCN2CCOCC2)c2cc(OCC(=O)NCc3ccccc3)ccc21. The van der Waals surface area contributed by atoms with E-state index in [0.29, 0.717) is 24.4 Å². The molecule has 0 saturated carbocycles. The Kier molecular flexibility index (Phi) is 8.97. The van der Waals surface area contributed by atoms with Gasteiger partial charge in [-0.2, -0.15) is 0 Å². The summed E-state index contributed by atoms with van der Waals surface area (Å²) in [6.45, 7) is 10.2. The summed E-state index contributed by atoms with van der Waals surface area (Å²) in [7, 11) is 0. The van der Waals surface area contributed by atoms with Crippen molar-refractivity contribution in [2.45, 2.75) is 33.4 Å². The molecule has 0 atom stereocenters. The summed E-state index contributed by atoms with van der Waals surface area (Å²) >= 11 is 0. The first-order valence-corrected chi connectivity index (χ1v) is 12.7. The third kappa shape index (κ3) is 6.44. The molecule has 2 N–H and O–H groups in total. The number of carbonyl (C=O) groups excluding carboxylic acids is 2. The monoisotopic (exact) mass is 492 g/mol. The zero-order chi connectivity index (χ0) is 25.3. The van der Waals surface area contributed by atoms with E-state index in [9.17, 15) is 9.59 Å². The van der Waals surface area contributed by atoms with Crippen molar-refractivity contribution in [1.82, 2.24) is 20.1 Å². The number of aryl methyl sites for hydroxylation is 1. The Morgan fingerprint density at radius 2 is 1.83 bits per heavy atom. The van der Waals surface area contributed by atoms with Gasteiger partial charge in [0.1, 0.15) is 5.75 Å². The van der Waals surface area contributed by atoms with Crippen LogP contribution in [0.4, 0.5) is 0 Å². The number of aromatic nitrogens is 1. The normalized spacial score (nSPS) is 14.1. The summed E-state index contributed by atoms with van der Waals surface area (Å²) in [5.74, 6) is 0.288. The molecule has 0 unspecified atom stereocenters. The summed E-state index contributed by atoms with van der Waals surface area (Å²) in [6, 6.07) is 15.4. The lowest BCUT2D eigenvalue weighted by atomic mass is 10.1. The van der Waals surface area contributed by atoms with E-state index in [1.54, 1.807) is 0 Å². The molecule has 2 amide bonds. The minimum Gasteiger partial charge on any atom is -0.484 e. The van der Waals surface area contributed by atoms with Crippen molar-refractivity contribution in [2.24, 2.45) is 0 Å². The van der Waals surface area contributed by atoms with Crippen molar-refractivity contribution in [3.8, 4) is 5.75 Å². The molecule has 2 heterocycles. The Bertz CT molecular complexity index is 1170. The number of hydrogen-bond acceptors (Lipinski definition) is 5. The molecule has 1 aliphatic heterocycles.